The molecule has 0 amide bonds. The second-order valence-corrected chi connectivity index (χ2v) is 2.33. The van der Waals surface area contributed by atoms with Gasteiger partial charge in [0.25, 0.3) is 0 Å². The van der Waals surface area contributed by atoms with Crippen LogP contribution in [-0.2, 0) is 0 Å². The van der Waals surface area contributed by atoms with E-state index < -0.39 is 0 Å². The van der Waals surface area contributed by atoms with E-state index >= 15 is 0 Å². The fourth-order valence-corrected chi connectivity index (χ4v) is 0.802. The molecule has 0 unspecified atom stereocenters. The van der Waals surface area contributed by atoms with Gasteiger partial charge < -0.3 is 0 Å². The van der Waals surface area contributed by atoms with Gasteiger partial charge in [-0.3, -0.25) is 9.98 Å². The van der Waals surface area contributed by atoms with Crippen LogP contribution in [0.5, 0.6) is 0 Å². The standard InChI is InChI=1S/C9H12N2/c1-3-6-11-9-5-4-7-10-8(9)2/h4-7H,3H2,1-2H3. The van der Waals surface area contributed by atoms with Crippen molar-refractivity contribution >= 4 is 11.9 Å². The summed E-state index contributed by atoms with van der Waals surface area (Å²) < 4.78 is 0. The van der Waals surface area contributed by atoms with E-state index in [-0.39, 0.29) is 0 Å². The van der Waals surface area contributed by atoms with Crippen molar-refractivity contribution in [3.63, 3.8) is 0 Å². The molecule has 1 aromatic rings. The number of aliphatic imine (C=N–C) groups is 1. The highest BCUT2D eigenvalue weighted by atomic mass is 14.8. The van der Waals surface area contributed by atoms with E-state index in [9.17, 15) is 0 Å². The van der Waals surface area contributed by atoms with Crippen LogP contribution >= 0.6 is 0 Å². The zero-order valence-electron chi connectivity index (χ0n) is 6.91. The summed E-state index contributed by atoms with van der Waals surface area (Å²) in [6.07, 6.45) is 4.64. The highest BCUT2D eigenvalue weighted by Crippen LogP contribution is 2.13. The number of hydrogen-bond donors (Lipinski definition) is 0. The molecule has 0 N–H and O–H groups in total. The summed E-state index contributed by atoms with van der Waals surface area (Å²) in [4.78, 5) is 8.36. The maximum absolute atomic E-state index is 4.24. The van der Waals surface area contributed by atoms with Crippen molar-refractivity contribution < 1.29 is 0 Å². The van der Waals surface area contributed by atoms with Gasteiger partial charge in [-0.1, -0.05) is 6.92 Å². The minimum Gasteiger partial charge on any atom is -0.259 e. The van der Waals surface area contributed by atoms with E-state index in [0.717, 1.165) is 17.8 Å². The van der Waals surface area contributed by atoms with E-state index in [1.165, 1.54) is 0 Å². The highest BCUT2D eigenvalue weighted by molar-refractivity contribution is 5.63. The van der Waals surface area contributed by atoms with Crippen molar-refractivity contribution in [2.45, 2.75) is 20.3 Å². The van der Waals surface area contributed by atoms with Gasteiger partial charge in [-0.05, 0) is 25.5 Å². The lowest BCUT2D eigenvalue weighted by Gasteiger charge is -1.95. The van der Waals surface area contributed by atoms with E-state index in [2.05, 4.69) is 16.9 Å². The number of aromatic nitrogens is 1. The molecule has 0 spiro atoms. The third-order valence-electron chi connectivity index (χ3n) is 1.39. The summed E-state index contributed by atoms with van der Waals surface area (Å²) in [5.74, 6) is 0. The quantitative estimate of drug-likeness (QED) is 0.591. The second-order valence-electron chi connectivity index (χ2n) is 2.33. The van der Waals surface area contributed by atoms with E-state index in [0.29, 0.717) is 0 Å². The van der Waals surface area contributed by atoms with Gasteiger partial charge in [0, 0.05) is 12.4 Å². The number of pyridine rings is 1. The first kappa shape index (κ1) is 7.92. The molecule has 0 saturated heterocycles. The molecule has 0 aliphatic rings. The maximum Gasteiger partial charge on any atom is 0.0838 e. The molecule has 0 bridgehead atoms. The van der Waals surface area contributed by atoms with Crippen molar-refractivity contribution in [1.82, 2.24) is 4.98 Å². The highest BCUT2D eigenvalue weighted by Gasteiger charge is 1.91. The lowest BCUT2D eigenvalue weighted by atomic mass is 10.3. The Labute approximate surface area is 67.0 Å². The van der Waals surface area contributed by atoms with Gasteiger partial charge in [-0.25, -0.2) is 0 Å². The molecule has 2 heteroatoms. The molecule has 1 heterocycles. The molecule has 0 aromatic carbocycles. The van der Waals surface area contributed by atoms with Crippen LogP contribution in [0.2, 0.25) is 0 Å². The average molecular weight is 148 g/mol. The Bertz CT molecular complexity index is 253. The van der Waals surface area contributed by atoms with Crippen LogP contribution in [0.1, 0.15) is 19.0 Å². The fourth-order valence-electron chi connectivity index (χ4n) is 0.802. The molecule has 1 rings (SSSR count). The first-order valence-electron chi connectivity index (χ1n) is 3.78. The van der Waals surface area contributed by atoms with Crippen molar-refractivity contribution in [3.05, 3.63) is 24.0 Å². The monoisotopic (exact) mass is 148 g/mol. The molecular weight excluding hydrogens is 136 g/mol. The molecule has 0 atom stereocenters. The third-order valence-corrected chi connectivity index (χ3v) is 1.39. The number of hydrogen-bond acceptors (Lipinski definition) is 2. The first-order chi connectivity index (χ1) is 5.34. The predicted octanol–water partition coefficient (Wildman–Crippen LogP) is 2.50. The van der Waals surface area contributed by atoms with Crippen LogP contribution in [0, 0.1) is 6.92 Å². The predicted molar refractivity (Wildman–Crippen MR) is 47.4 cm³/mol. The lowest BCUT2D eigenvalue weighted by Crippen LogP contribution is -1.79. The van der Waals surface area contributed by atoms with Gasteiger partial charge in [0.1, 0.15) is 0 Å². The van der Waals surface area contributed by atoms with Crippen molar-refractivity contribution in [3.8, 4) is 0 Å². The molecule has 0 saturated carbocycles. The van der Waals surface area contributed by atoms with Crippen LogP contribution in [-0.4, -0.2) is 11.2 Å². The average Bonchev–Trinajstić information content (AvgIpc) is 2.03. The molecule has 1 aromatic heterocycles. The Morgan fingerprint density at radius 3 is 3.09 bits per heavy atom. The van der Waals surface area contributed by atoms with Gasteiger partial charge in [-0.15, -0.1) is 0 Å². The van der Waals surface area contributed by atoms with Crippen LogP contribution in [0.25, 0.3) is 0 Å². The Kier molecular flexibility index (Phi) is 2.78. The molecule has 2 nitrogen and oxygen atoms in total. The lowest BCUT2D eigenvalue weighted by molar-refractivity contribution is 1.18. The minimum atomic E-state index is 0.967. The normalized spacial score (nSPS) is 10.7. The van der Waals surface area contributed by atoms with Gasteiger partial charge in [0.15, 0.2) is 0 Å². The zero-order chi connectivity index (χ0) is 8.10. The van der Waals surface area contributed by atoms with Gasteiger partial charge >= 0.3 is 0 Å². The summed E-state index contributed by atoms with van der Waals surface area (Å²) in [6, 6.07) is 3.86. The molecule has 0 radical (unpaired) electrons. The number of nitrogens with zero attached hydrogens (tertiary/aromatic N) is 2. The van der Waals surface area contributed by atoms with Crippen molar-refractivity contribution in [2.24, 2.45) is 4.99 Å². The van der Waals surface area contributed by atoms with Crippen LogP contribution < -0.4 is 0 Å². The zero-order valence-corrected chi connectivity index (χ0v) is 6.91. The molecule has 11 heavy (non-hydrogen) atoms. The van der Waals surface area contributed by atoms with E-state index in [4.69, 9.17) is 0 Å². The topological polar surface area (TPSA) is 25.2 Å². The van der Waals surface area contributed by atoms with E-state index in [1.54, 1.807) is 6.20 Å². The molecular formula is C9H12N2. The minimum absolute atomic E-state index is 0.967. The Morgan fingerprint density at radius 1 is 1.64 bits per heavy atom. The summed E-state index contributed by atoms with van der Waals surface area (Å²) >= 11 is 0. The summed E-state index contributed by atoms with van der Waals surface area (Å²) in [6.45, 7) is 4.03. The Hall–Kier alpha value is -1.18. The number of rotatable bonds is 2. The summed E-state index contributed by atoms with van der Waals surface area (Å²) in [5, 5.41) is 0. The second kappa shape index (κ2) is 3.86. The molecule has 0 aliphatic heterocycles. The molecule has 58 valence electrons. The largest absolute Gasteiger partial charge is 0.259 e. The van der Waals surface area contributed by atoms with Gasteiger partial charge in [0.05, 0.1) is 11.4 Å². The SMILES string of the molecule is CCC=Nc1cccnc1C. The number of aryl methyl sites for hydroxylation is 1. The smallest absolute Gasteiger partial charge is 0.0838 e. The summed E-state index contributed by atoms with van der Waals surface area (Å²) in [7, 11) is 0. The fraction of sp³-hybridized carbons (Fsp3) is 0.333. The Balaban J connectivity index is 2.86. The van der Waals surface area contributed by atoms with Gasteiger partial charge in [-0.2, -0.15) is 0 Å². The molecule has 0 aliphatic carbocycles. The van der Waals surface area contributed by atoms with Crippen molar-refractivity contribution in [2.75, 3.05) is 0 Å². The van der Waals surface area contributed by atoms with Crippen LogP contribution in [0.4, 0.5) is 5.69 Å². The van der Waals surface area contributed by atoms with Gasteiger partial charge in [0.2, 0.25) is 0 Å². The van der Waals surface area contributed by atoms with Crippen LogP contribution in [0.3, 0.4) is 0 Å². The maximum atomic E-state index is 4.24. The van der Waals surface area contributed by atoms with E-state index in [1.807, 2.05) is 25.3 Å². The first-order valence-corrected chi connectivity index (χ1v) is 3.78. The van der Waals surface area contributed by atoms with Crippen molar-refractivity contribution in [1.29, 1.82) is 0 Å². The summed E-state index contributed by atoms with van der Waals surface area (Å²) in [5.41, 5.74) is 1.95. The Morgan fingerprint density at radius 2 is 2.45 bits per heavy atom. The molecule has 0 fully saturated rings. The van der Waals surface area contributed by atoms with Crippen LogP contribution in [0.15, 0.2) is 23.3 Å². The third kappa shape index (κ3) is 2.15.